The van der Waals surface area contributed by atoms with Crippen molar-refractivity contribution in [3.8, 4) is 0 Å². The topological polar surface area (TPSA) is 75.4 Å². The molecule has 3 N–H and O–H groups in total. The molecule has 1 aliphatic heterocycles. The third-order valence-electron chi connectivity index (χ3n) is 3.68. The van der Waals surface area contributed by atoms with Gasteiger partial charge in [-0.25, -0.2) is 0 Å². The van der Waals surface area contributed by atoms with Gasteiger partial charge in [-0.15, -0.1) is 0 Å². The van der Waals surface area contributed by atoms with Gasteiger partial charge in [0, 0.05) is 31.7 Å². The molecule has 20 heavy (non-hydrogen) atoms. The van der Waals surface area contributed by atoms with Gasteiger partial charge in [0.05, 0.1) is 6.42 Å². The van der Waals surface area contributed by atoms with Crippen LogP contribution in [-0.4, -0.2) is 35.8 Å². The van der Waals surface area contributed by atoms with Gasteiger partial charge in [-0.05, 0) is 24.5 Å². The molecule has 0 radical (unpaired) electrons. The quantitative estimate of drug-likeness (QED) is 0.865. The lowest BCUT2D eigenvalue weighted by molar-refractivity contribution is -0.129. The number of amides is 2. The molecule has 0 unspecified atom stereocenters. The Kier molecular flexibility index (Phi) is 4.61. The summed E-state index contributed by atoms with van der Waals surface area (Å²) in [5.41, 5.74) is 7.16. The standard InChI is InChI=1S/C15H21N3O2/c1-11(19)18-8-6-13(7-9-18)17-14-5-3-2-4-12(14)10-15(16)20/h2-5,13,17H,6-10H2,1H3,(H2,16,20). The molecule has 0 aliphatic carbocycles. The average Bonchev–Trinajstić information content (AvgIpc) is 2.41. The summed E-state index contributed by atoms with van der Waals surface area (Å²) >= 11 is 0. The van der Waals surface area contributed by atoms with Gasteiger partial charge in [0.15, 0.2) is 0 Å². The Balaban J connectivity index is 1.97. The number of nitrogens with one attached hydrogen (secondary N) is 1. The van der Waals surface area contributed by atoms with Crippen molar-refractivity contribution in [2.45, 2.75) is 32.2 Å². The van der Waals surface area contributed by atoms with Gasteiger partial charge < -0.3 is 16.0 Å². The summed E-state index contributed by atoms with van der Waals surface area (Å²) in [6, 6.07) is 8.06. The number of piperidine rings is 1. The van der Waals surface area contributed by atoms with Crippen molar-refractivity contribution in [2.75, 3.05) is 18.4 Å². The second kappa shape index (κ2) is 6.41. The van der Waals surface area contributed by atoms with E-state index >= 15 is 0 Å². The predicted octanol–water partition coefficient (Wildman–Crippen LogP) is 1.14. The first-order valence-corrected chi connectivity index (χ1v) is 6.94. The fraction of sp³-hybridized carbons (Fsp3) is 0.467. The Labute approximate surface area is 119 Å². The molecule has 1 heterocycles. The Morgan fingerprint density at radius 3 is 2.55 bits per heavy atom. The van der Waals surface area contributed by atoms with Crippen LogP contribution in [0.3, 0.4) is 0 Å². The third kappa shape index (κ3) is 3.73. The summed E-state index contributed by atoms with van der Waals surface area (Å²) in [4.78, 5) is 24.2. The predicted molar refractivity (Wildman–Crippen MR) is 78.2 cm³/mol. The third-order valence-corrected chi connectivity index (χ3v) is 3.68. The lowest BCUT2D eigenvalue weighted by Gasteiger charge is -2.32. The average molecular weight is 275 g/mol. The molecule has 5 nitrogen and oxygen atoms in total. The summed E-state index contributed by atoms with van der Waals surface area (Å²) in [5.74, 6) is -0.191. The van der Waals surface area contributed by atoms with E-state index in [4.69, 9.17) is 5.73 Å². The van der Waals surface area contributed by atoms with Gasteiger partial charge in [0.1, 0.15) is 0 Å². The minimum Gasteiger partial charge on any atom is -0.382 e. The van der Waals surface area contributed by atoms with Gasteiger partial charge >= 0.3 is 0 Å². The summed E-state index contributed by atoms with van der Waals surface area (Å²) < 4.78 is 0. The Morgan fingerprint density at radius 2 is 1.95 bits per heavy atom. The molecule has 1 saturated heterocycles. The molecule has 0 bridgehead atoms. The second-order valence-electron chi connectivity index (χ2n) is 5.22. The number of anilines is 1. The van der Waals surface area contributed by atoms with Gasteiger partial charge in [0.25, 0.3) is 0 Å². The lowest BCUT2D eigenvalue weighted by Crippen LogP contribution is -2.41. The number of carbonyl (C=O) groups excluding carboxylic acids is 2. The van der Waals surface area contributed by atoms with Crippen LogP contribution in [-0.2, 0) is 16.0 Å². The minimum atomic E-state index is -0.328. The van der Waals surface area contributed by atoms with Crippen molar-refractivity contribution in [3.63, 3.8) is 0 Å². The highest BCUT2D eigenvalue weighted by atomic mass is 16.2. The molecule has 0 saturated carbocycles. The van der Waals surface area contributed by atoms with E-state index in [1.54, 1.807) is 6.92 Å². The van der Waals surface area contributed by atoms with Crippen molar-refractivity contribution in [1.82, 2.24) is 4.90 Å². The highest BCUT2D eigenvalue weighted by Crippen LogP contribution is 2.20. The highest BCUT2D eigenvalue weighted by molar-refractivity contribution is 5.78. The van der Waals surface area contributed by atoms with Gasteiger partial charge in [-0.2, -0.15) is 0 Å². The molecule has 2 amide bonds. The molecule has 1 aliphatic rings. The number of rotatable bonds is 4. The molecular formula is C15H21N3O2. The minimum absolute atomic E-state index is 0.137. The number of benzene rings is 1. The van der Waals surface area contributed by atoms with Crippen LogP contribution in [0.5, 0.6) is 0 Å². The zero-order chi connectivity index (χ0) is 14.5. The Morgan fingerprint density at radius 1 is 1.30 bits per heavy atom. The lowest BCUT2D eigenvalue weighted by atomic mass is 10.0. The van der Waals surface area contributed by atoms with Crippen LogP contribution >= 0.6 is 0 Å². The number of nitrogens with two attached hydrogens (primary N) is 1. The van der Waals surface area contributed by atoms with Crippen LogP contribution in [0.2, 0.25) is 0 Å². The second-order valence-corrected chi connectivity index (χ2v) is 5.22. The molecule has 1 aromatic rings. The van der Waals surface area contributed by atoms with Crippen LogP contribution in [0.15, 0.2) is 24.3 Å². The molecule has 1 aromatic carbocycles. The maximum atomic E-state index is 11.3. The summed E-state index contributed by atoms with van der Waals surface area (Å²) in [5, 5.41) is 3.47. The SMILES string of the molecule is CC(=O)N1CCC(Nc2ccccc2CC(N)=O)CC1. The van der Waals surface area contributed by atoms with E-state index in [-0.39, 0.29) is 18.2 Å². The summed E-state index contributed by atoms with van der Waals surface area (Å²) in [6.45, 7) is 3.17. The molecule has 5 heteroatoms. The number of carbonyl (C=O) groups is 2. The molecule has 2 rings (SSSR count). The first-order chi connectivity index (χ1) is 9.56. The number of para-hydroxylation sites is 1. The fourth-order valence-corrected chi connectivity index (χ4v) is 2.56. The molecule has 0 atom stereocenters. The molecular weight excluding hydrogens is 254 g/mol. The van der Waals surface area contributed by atoms with Crippen molar-refractivity contribution in [2.24, 2.45) is 5.73 Å². The van der Waals surface area contributed by atoms with Crippen LogP contribution in [0, 0.1) is 0 Å². The van der Waals surface area contributed by atoms with Crippen LogP contribution < -0.4 is 11.1 Å². The number of hydrogen-bond acceptors (Lipinski definition) is 3. The van der Waals surface area contributed by atoms with E-state index < -0.39 is 0 Å². The van der Waals surface area contributed by atoms with E-state index in [0.29, 0.717) is 6.04 Å². The number of likely N-dealkylation sites (tertiary alicyclic amines) is 1. The highest BCUT2D eigenvalue weighted by Gasteiger charge is 2.21. The number of hydrogen-bond donors (Lipinski definition) is 2. The fourth-order valence-electron chi connectivity index (χ4n) is 2.56. The maximum absolute atomic E-state index is 11.3. The van der Waals surface area contributed by atoms with Crippen LogP contribution in [0.1, 0.15) is 25.3 Å². The first-order valence-electron chi connectivity index (χ1n) is 6.94. The van der Waals surface area contributed by atoms with Crippen LogP contribution in [0.4, 0.5) is 5.69 Å². The molecule has 0 aromatic heterocycles. The van der Waals surface area contributed by atoms with Crippen molar-refractivity contribution in [1.29, 1.82) is 0 Å². The summed E-state index contributed by atoms with van der Waals surface area (Å²) in [7, 11) is 0. The van der Waals surface area contributed by atoms with Crippen molar-refractivity contribution >= 4 is 17.5 Å². The molecule has 108 valence electrons. The largest absolute Gasteiger partial charge is 0.382 e. The van der Waals surface area contributed by atoms with Crippen molar-refractivity contribution < 1.29 is 9.59 Å². The molecule has 1 fully saturated rings. The van der Waals surface area contributed by atoms with E-state index in [1.807, 2.05) is 29.2 Å². The van der Waals surface area contributed by atoms with E-state index in [0.717, 1.165) is 37.2 Å². The van der Waals surface area contributed by atoms with E-state index in [2.05, 4.69) is 5.32 Å². The Hall–Kier alpha value is -2.04. The van der Waals surface area contributed by atoms with Gasteiger partial charge in [-0.1, -0.05) is 18.2 Å². The maximum Gasteiger partial charge on any atom is 0.221 e. The zero-order valence-corrected chi connectivity index (χ0v) is 11.8. The van der Waals surface area contributed by atoms with E-state index in [1.165, 1.54) is 0 Å². The number of primary amides is 1. The van der Waals surface area contributed by atoms with E-state index in [9.17, 15) is 9.59 Å². The molecule has 0 spiro atoms. The zero-order valence-electron chi connectivity index (χ0n) is 11.8. The monoisotopic (exact) mass is 275 g/mol. The Bertz CT molecular complexity index is 494. The van der Waals surface area contributed by atoms with Crippen LogP contribution in [0.25, 0.3) is 0 Å². The first kappa shape index (κ1) is 14.4. The summed E-state index contributed by atoms with van der Waals surface area (Å²) in [6.07, 6.45) is 2.09. The van der Waals surface area contributed by atoms with Gasteiger partial charge in [-0.3, -0.25) is 9.59 Å². The number of nitrogens with zero attached hydrogens (tertiary/aromatic N) is 1. The van der Waals surface area contributed by atoms with Crippen molar-refractivity contribution in [3.05, 3.63) is 29.8 Å². The smallest absolute Gasteiger partial charge is 0.221 e. The van der Waals surface area contributed by atoms with Gasteiger partial charge in [0.2, 0.25) is 11.8 Å². The normalized spacial score (nSPS) is 15.9.